The lowest BCUT2D eigenvalue weighted by Crippen LogP contribution is -2.28. The maximum absolute atomic E-state index is 10.6. The standard InChI is InChI=1S/C9H11N3O2/c1-6-8-4-7(12(13)14)2-3-9(8)11-5-10-6/h5,7H,2-4H2,1H3. The van der Waals surface area contributed by atoms with E-state index >= 15 is 0 Å². The molecule has 1 unspecified atom stereocenters. The first-order valence-corrected chi connectivity index (χ1v) is 4.61. The van der Waals surface area contributed by atoms with Crippen LogP contribution in [0, 0.1) is 17.0 Å². The molecule has 0 saturated heterocycles. The highest BCUT2D eigenvalue weighted by molar-refractivity contribution is 5.26. The van der Waals surface area contributed by atoms with E-state index in [0.717, 1.165) is 17.0 Å². The first-order chi connectivity index (χ1) is 6.68. The van der Waals surface area contributed by atoms with Crippen LogP contribution in [0.3, 0.4) is 0 Å². The zero-order chi connectivity index (χ0) is 10.1. The molecule has 0 radical (unpaired) electrons. The second-order valence-corrected chi connectivity index (χ2v) is 3.57. The molecule has 0 N–H and O–H groups in total. The minimum atomic E-state index is -0.452. The van der Waals surface area contributed by atoms with Crippen molar-refractivity contribution in [1.29, 1.82) is 0 Å². The maximum atomic E-state index is 10.6. The Kier molecular flexibility index (Phi) is 2.15. The molecule has 5 nitrogen and oxygen atoms in total. The molecule has 14 heavy (non-hydrogen) atoms. The number of nitro groups is 1. The van der Waals surface area contributed by atoms with Gasteiger partial charge in [0.25, 0.3) is 0 Å². The first kappa shape index (κ1) is 9.05. The molecule has 0 aromatic carbocycles. The summed E-state index contributed by atoms with van der Waals surface area (Å²) in [6, 6.07) is -0.452. The monoisotopic (exact) mass is 193 g/mol. The molecule has 1 aromatic rings. The van der Waals surface area contributed by atoms with E-state index < -0.39 is 6.04 Å². The van der Waals surface area contributed by atoms with Crippen molar-refractivity contribution >= 4 is 0 Å². The third-order valence-corrected chi connectivity index (χ3v) is 2.70. The van der Waals surface area contributed by atoms with Gasteiger partial charge >= 0.3 is 0 Å². The molecule has 1 aromatic heterocycles. The lowest BCUT2D eigenvalue weighted by Gasteiger charge is -2.18. The van der Waals surface area contributed by atoms with Crippen LogP contribution in [0.25, 0.3) is 0 Å². The fourth-order valence-corrected chi connectivity index (χ4v) is 1.85. The predicted octanol–water partition coefficient (Wildman–Crippen LogP) is 0.919. The number of rotatable bonds is 1. The van der Waals surface area contributed by atoms with Crippen molar-refractivity contribution in [3.05, 3.63) is 33.4 Å². The summed E-state index contributed by atoms with van der Waals surface area (Å²) in [6.45, 7) is 1.88. The summed E-state index contributed by atoms with van der Waals surface area (Å²) in [4.78, 5) is 18.6. The van der Waals surface area contributed by atoms with Crippen molar-refractivity contribution in [1.82, 2.24) is 9.97 Å². The predicted molar refractivity (Wildman–Crippen MR) is 49.6 cm³/mol. The number of aryl methyl sites for hydroxylation is 2. The van der Waals surface area contributed by atoms with Crippen LogP contribution >= 0.6 is 0 Å². The van der Waals surface area contributed by atoms with Gasteiger partial charge in [-0.05, 0) is 13.3 Å². The average Bonchev–Trinajstić information content (AvgIpc) is 2.18. The highest BCUT2D eigenvalue weighted by Crippen LogP contribution is 2.22. The summed E-state index contributed by atoms with van der Waals surface area (Å²) in [7, 11) is 0. The zero-order valence-electron chi connectivity index (χ0n) is 7.93. The van der Waals surface area contributed by atoms with Crippen LogP contribution in [0.4, 0.5) is 0 Å². The van der Waals surface area contributed by atoms with Gasteiger partial charge in [0, 0.05) is 34.7 Å². The SMILES string of the molecule is Cc1ncnc2c1CC([N+](=O)[O-])CC2. The van der Waals surface area contributed by atoms with E-state index in [1.165, 1.54) is 6.33 Å². The molecule has 1 aliphatic rings. The fraction of sp³-hybridized carbons (Fsp3) is 0.556. The molecule has 74 valence electrons. The van der Waals surface area contributed by atoms with Gasteiger partial charge in [-0.3, -0.25) is 10.1 Å². The normalized spacial score (nSPS) is 20.2. The van der Waals surface area contributed by atoms with E-state index in [0.29, 0.717) is 19.3 Å². The molecule has 0 spiro atoms. The van der Waals surface area contributed by atoms with E-state index in [4.69, 9.17) is 0 Å². The number of hydrogen-bond acceptors (Lipinski definition) is 4. The molecule has 0 fully saturated rings. The Morgan fingerprint density at radius 2 is 2.36 bits per heavy atom. The molecule has 2 rings (SSSR count). The molecule has 0 amide bonds. The molecular formula is C9H11N3O2. The molecular weight excluding hydrogens is 182 g/mol. The molecule has 0 saturated carbocycles. The third-order valence-electron chi connectivity index (χ3n) is 2.70. The van der Waals surface area contributed by atoms with Crippen molar-refractivity contribution in [2.75, 3.05) is 0 Å². The number of fused-ring (bicyclic) bond motifs is 1. The number of aromatic nitrogens is 2. The van der Waals surface area contributed by atoms with E-state index in [2.05, 4.69) is 9.97 Å². The van der Waals surface area contributed by atoms with Gasteiger partial charge in [-0.15, -0.1) is 0 Å². The Morgan fingerprint density at radius 1 is 1.57 bits per heavy atom. The molecule has 1 atom stereocenters. The summed E-state index contributed by atoms with van der Waals surface area (Å²) in [5, 5.41) is 10.6. The van der Waals surface area contributed by atoms with Gasteiger partial charge < -0.3 is 0 Å². The van der Waals surface area contributed by atoms with E-state index in [-0.39, 0.29) is 4.92 Å². The first-order valence-electron chi connectivity index (χ1n) is 4.61. The molecule has 0 aliphatic heterocycles. The highest BCUT2D eigenvalue weighted by Gasteiger charge is 2.28. The van der Waals surface area contributed by atoms with Crippen molar-refractivity contribution in [3.63, 3.8) is 0 Å². The largest absolute Gasteiger partial charge is 0.264 e. The fourth-order valence-electron chi connectivity index (χ4n) is 1.85. The maximum Gasteiger partial charge on any atom is 0.217 e. The topological polar surface area (TPSA) is 68.9 Å². The Balaban J connectivity index is 2.33. The van der Waals surface area contributed by atoms with Crippen LogP contribution in [0.5, 0.6) is 0 Å². The van der Waals surface area contributed by atoms with Crippen molar-refractivity contribution in [3.8, 4) is 0 Å². The van der Waals surface area contributed by atoms with Crippen LogP contribution in [-0.2, 0) is 12.8 Å². The van der Waals surface area contributed by atoms with Crippen LogP contribution in [0.15, 0.2) is 6.33 Å². The number of hydrogen-bond donors (Lipinski definition) is 0. The Labute approximate surface area is 81.3 Å². The lowest BCUT2D eigenvalue weighted by molar-refractivity contribution is -0.523. The van der Waals surface area contributed by atoms with Gasteiger partial charge in [0.2, 0.25) is 6.04 Å². The molecule has 1 heterocycles. The molecule has 0 bridgehead atoms. The Bertz CT molecular complexity index is 378. The Hall–Kier alpha value is -1.52. The summed E-state index contributed by atoms with van der Waals surface area (Å²) in [5.74, 6) is 0. The van der Waals surface area contributed by atoms with Crippen LogP contribution in [-0.4, -0.2) is 20.9 Å². The summed E-state index contributed by atoms with van der Waals surface area (Å²) in [5.41, 5.74) is 2.83. The summed E-state index contributed by atoms with van der Waals surface area (Å²) < 4.78 is 0. The second kappa shape index (κ2) is 3.32. The van der Waals surface area contributed by atoms with Gasteiger partial charge in [0.05, 0.1) is 0 Å². The van der Waals surface area contributed by atoms with Gasteiger partial charge in [0.15, 0.2) is 0 Å². The lowest BCUT2D eigenvalue weighted by atomic mass is 9.91. The van der Waals surface area contributed by atoms with Crippen molar-refractivity contribution < 1.29 is 4.92 Å². The second-order valence-electron chi connectivity index (χ2n) is 3.57. The van der Waals surface area contributed by atoms with Crippen LogP contribution < -0.4 is 0 Å². The van der Waals surface area contributed by atoms with Crippen molar-refractivity contribution in [2.45, 2.75) is 32.2 Å². The van der Waals surface area contributed by atoms with Gasteiger partial charge in [-0.1, -0.05) is 0 Å². The van der Waals surface area contributed by atoms with E-state index in [1.807, 2.05) is 6.92 Å². The Morgan fingerprint density at radius 3 is 3.07 bits per heavy atom. The van der Waals surface area contributed by atoms with Crippen molar-refractivity contribution in [2.24, 2.45) is 0 Å². The van der Waals surface area contributed by atoms with Gasteiger partial charge in [0.1, 0.15) is 6.33 Å². The molecule has 5 heteroatoms. The smallest absolute Gasteiger partial charge is 0.217 e. The minimum absolute atomic E-state index is 0.199. The number of nitrogens with zero attached hydrogens (tertiary/aromatic N) is 3. The van der Waals surface area contributed by atoms with Gasteiger partial charge in [-0.25, -0.2) is 9.97 Å². The zero-order valence-corrected chi connectivity index (χ0v) is 7.93. The summed E-state index contributed by atoms with van der Waals surface area (Å²) >= 11 is 0. The third kappa shape index (κ3) is 1.45. The quantitative estimate of drug-likeness (QED) is 0.491. The van der Waals surface area contributed by atoms with Gasteiger partial charge in [-0.2, -0.15) is 0 Å². The average molecular weight is 193 g/mol. The van der Waals surface area contributed by atoms with Crippen LogP contribution in [0.1, 0.15) is 23.4 Å². The van der Waals surface area contributed by atoms with Crippen LogP contribution in [0.2, 0.25) is 0 Å². The summed E-state index contributed by atoms with van der Waals surface area (Å²) in [6.07, 6.45) is 3.30. The minimum Gasteiger partial charge on any atom is -0.264 e. The van der Waals surface area contributed by atoms with E-state index in [9.17, 15) is 10.1 Å². The van der Waals surface area contributed by atoms with E-state index in [1.54, 1.807) is 0 Å². The molecule has 1 aliphatic carbocycles. The highest BCUT2D eigenvalue weighted by atomic mass is 16.6.